The van der Waals surface area contributed by atoms with E-state index in [2.05, 4.69) is 0 Å². The van der Waals surface area contributed by atoms with E-state index < -0.39 is 10.2 Å². The second-order valence-corrected chi connectivity index (χ2v) is 8.33. The molecule has 0 N–H and O–H groups in total. The number of hydrogen-bond acceptors (Lipinski definition) is 3. The van der Waals surface area contributed by atoms with Gasteiger partial charge in [-0.2, -0.15) is 28.8 Å². The Labute approximate surface area is 119 Å². The van der Waals surface area contributed by atoms with Crippen molar-refractivity contribution in [1.29, 1.82) is 0 Å². The molecule has 0 atom stereocenters. The fourth-order valence-electron chi connectivity index (χ4n) is 2.41. The smallest absolute Gasteiger partial charge is 0.195 e. The van der Waals surface area contributed by atoms with Crippen molar-refractivity contribution in [2.24, 2.45) is 5.92 Å². The van der Waals surface area contributed by atoms with Crippen molar-refractivity contribution in [3.63, 3.8) is 0 Å². The number of halogens is 1. The van der Waals surface area contributed by atoms with Gasteiger partial charge in [-0.25, -0.2) is 0 Å². The zero-order valence-corrected chi connectivity index (χ0v) is 12.9. The minimum atomic E-state index is -3.23. The lowest BCUT2D eigenvalue weighted by Gasteiger charge is -2.34. The van der Waals surface area contributed by atoms with E-state index in [1.807, 2.05) is 11.8 Å². The van der Waals surface area contributed by atoms with Crippen LogP contribution in [0.15, 0.2) is 0 Å². The molecule has 0 bridgehead atoms. The Morgan fingerprint density at radius 1 is 1.06 bits per heavy atom. The fourth-order valence-corrected chi connectivity index (χ4v) is 5.40. The SMILES string of the molecule is O=S(=O)(N1CCCSCC1)N1CCC(CCl)CC1. The molecule has 2 heterocycles. The number of hydrogen-bond donors (Lipinski definition) is 0. The van der Waals surface area contributed by atoms with Gasteiger partial charge in [0.15, 0.2) is 0 Å². The van der Waals surface area contributed by atoms with E-state index in [-0.39, 0.29) is 0 Å². The van der Waals surface area contributed by atoms with Gasteiger partial charge in [-0.3, -0.25) is 0 Å². The molecule has 0 saturated carbocycles. The van der Waals surface area contributed by atoms with Crippen LogP contribution in [0, 0.1) is 5.92 Å². The van der Waals surface area contributed by atoms with Gasteiger partial charge in [-0.05, 0) is 30.9 Å². The largest absolute Gasteiger partial charge is 0.282 e. The van der Waals surface area contributed by atoms with Gasteiger partial charge in [0.1, 0.15) is 0 Å². The van der Waals surface area contributed by atoms with Crippen LogP contribution in [0.2, 0.25) is 0 Å². The van der Waals surface area contributed by atoms with Crippen LogP contribution in [0.25, 0.3) is 0 Å². The molecule has 0 aromatic rings. The lowest BCUT2D eigenvalue weighted by molar-refractivity contribution is 0.268. The van der Waals surface area contributed by atoms with Crippen LogP contribution >= 0.6 is 23.4 Å². The normalized spacial score (nSPS) is 26.1. The molecule has 0 aliphatic carbocycles. The van der Waals surface area contributed by atoms with Crippen LogP contribution in [0.3, 0.4) is 0 Å². The minimum absolute atomic E-state index is 0.484. The first kappa shape index (κ1) is 14.9. The van der Waals surface area contributed by atoms with E-state index in [9.17, 15) is 8.42 Å². The molecule has 2 aliphatic heterocycles. The third-order valence-electron chi connectivity index (χ3n) is 3.63. The summed E-state index contributed by atoms with van der Waals surface area (Å²) in [6.07, 6.45) is 2.75. The Morgan fingerprint density at radius 2 is 1.72 bits per heavy atom. The number of piperidine rings is 1. The molecular formula is C11H21ClN2O2S2. The van der Waals surface area contributed by atoms with Gasteiger partial charge < -0.3 is 0 Å². The molecule has 2 aliphatic rings. The Kier molecular flexibility index (Phi) is 5.63. The first-order valence-corrected chi connectivity index (χ1v) is 9.62. The molecule has 7 heteroatoms. The third-order valence-corrected chi connectivity index (χ3v) is 7.15. The third kappa shape index (κ3) is 3.54. The molecule has 4 nitrogen and oxygen atoms in total. The van der Waals surface area contributed by atoms with Crippen LogP contribution in [-0.4, -0.2) is 60.6 Å². The first-order valence-electron chi connectivity index (χ1n) is 6.53. The fraction of sp³-hybridized carbons (Fsp3) is 1.00. The monoisotopic (exact) mass is 312 g/mol. The van der Waals surface area contributed by atoms with E-state index in [1.165, 1.54) is 0 Å². The Bertz CT molecular complexity index is 348. The highest BCUT2D eigenvalue weighted by Gasteiger charge is 2.32. The van der Waals surface area contributed by atoms with Crippen LogP contribution in [0.1, 0.15) is 19.3 Å². The second kappa shape index (κ2) is 6.79. The number of thioether (sulfide) groups is 1. The van der Waals surface area contributed by atoms with Crippen LogP contribution in [-0.2, 0) is 10.2 Å². The first-order chi connectivity index (χ1) is 8.64. The van der Waals surface area contributed by atoms with Crippen LogP contribution < -0.4 is 0 Å². The van der Waals surface area contributed by atoms with Crippen molar-refractivity contribution < 1.29 is 8.42 Å². The summed E-state index contributed by atoms with van der Waals surface area (Å²) in [5.41, 5.74) is 0. The topological polar surface area (TPSA) is 40.6 Å². The molecule has 2 fully saturated rings. The van der Waals surface area contributed by atoms with Gasteiger partial charge in [-0.1, -0.05) is 0 Å². The van der Waals surface area contributed by atoms with E-state index in [0.29, 0.717) is 38.0 Å². The Morgan fingerprint density at radius 3 is 2.39 bits per heavy atom. The van der Waals surface area contributed by atoms with Crippen molar-refractivity contribution in [3.05, 3.63) is 0 Å². The molecule has 0 spiro atoms. The number of nitrogens with zero attached hydrogens (tertiary/aromatic N) is 2. The van der Waals surface area contributed by atoms with Crippen molar-refractivity contribution in [1.82, 2.24) is 8.61 Å². The summed E-state index contributed by atoms with van der Waals surface area (Å²) in [5.74, 6) is 3.11. The van der Waals surface area contributed by atoms with Crippen LogP contribution in [0.5, 0.6) is 0 Å². The molecular weight excluding hydrogens is 292 g/mol. The quantitative estimate of drug-likeness (QED) is 0.744. The van der Waals surface area contributed by atoms with E-state index >= 15 is 0 Å². The highest BCUT2D eigenvalue weighted by atomic mass is 35.5. The van der Waals surface area contributed by atoms with Gasteiger partial charge >= 0.3 is 0 Å². The molecule has 0 amide bonds. The van der Waals surface area contributed by atoms with E-state index in [0.717, 1.165) is 30.8 Å². The zero-order chi connectivity index (χ0) is 13.0. The molecule has 2 saturated heterocycles. The molecule has 2 rings (SSSR count). The predicted molar refractivity (Wildman–Crippen MR) is 77.5 cm³/mol. The predicted octanol–water partition coefficient (Wildman–Crippen LogP) is 1.62. The summed E-state index contributed by atoms with van der Waals surface area (Å²) in [6.45, 7) is 2.58. The Hall–Kier alpha value is 0.510. The van der Waals surface area contributed by atoms with Crippen LogP contribution in [0.4, 0.5) is 0 Å². The summed E-state index contributed by atoms with van der Waals surface area (Å²) in [4.78, 5) is 0. The lowest BCUT2D eigenvalue weighted by atomic mass is 10.0. The van der Waals surface area contributed by atoms with Crippen molar-refractivity contribution >= 4 is 33.6 Å². The standard InChI is InChI=1S/C11H21ClN2O2S2/c12-10-11-2-5-14(6-3-11)18(15,16)13-4-1-8-17-9-7-13/h11H,1-10H2. The van der Waals surface area contributed by atoms with Gasteiger partial charge in [0.25, 0.3) is 10.2 Å². The highest BCUT2D eigenvalue weighted by Crippen LogP contribution is 2.23. The molecule has 106 valence electrons. The van der Waals surface area contributed by atoms with Gasteiger partial charge in [-0.15, -0.1) is 11.6 Å². The molecule has 0 radical (unpaired) electrons. The lowest BCUT2D eigenvalue weighted by Crippen LogP contribution is -2.48. The van der Waals surface area contributed by atoms with Gasteiger partial charge in [0, 0.05) is 37.8 Å². The summed E-state index contributed by atoms with van der Waals surface area (Å²) in [5, 5.41) is 0. The molecule has 0 aromatic heterocycles. The summed E-state index contributed by atoms with van der Waals surface area (Å²) >= 11 is 7.68. The molecule has 18 heavy (non-hydrogen) atoms. The maximum absolute atomic E-state index is 12.5. The van der Waals surface area contributed by atoms with Crippen molar-refractivity contribution in [2.75, 3.05) is 43.6 Å². The summed E-state index contributed by atoms with van der Waals surface area (Å²) in [7, 11) is -3.23. The van der Waals surface area contributed by atoms with E-state index in [1.54, 1.807) is 8.61 Å². The zero-order valence-electron chi connectivity index (χ0n) is 10.6. The molecule has 0 unspecified atom stereocenters. The molecule has 0 aromatic carbocycles. The average Bonchev–Trinajstić information content (AvgIpc) is 2.68. The summed E-state index contributed by atoms with van der Waals surface area (Å²) < 4.78 is 28.3. The highest BCUT2D eigenvalue weighted by molar-refractivity contribution is 7.99. The minimum Gasteiger partial charge on any atom is -0.195 e. The van der Waals surface area contributed by atoms with Gasteiger partial charge in [0.05, 0.1) is 0 Å². The second-order valence-electron chi connectivity index (χ2n) is 4.87. The maximum Gasteiger partial charge on any atom is 0.282 e. The van der Waals surface area contributed by atoms with Crippen molar-refractivity contribution in [2.45, 2.75) is 19.3 Å². The Balaban J connectivity index is 1.97. The average molecular weight is 313 g/mol. The van der Waals surface area contributed by atoms with E-state index in [4.69, 9.17) is 11.6 Å². The number of rotatable bonds is 3. The van der Waals surface area contributed by atoms with Crippen molar-refractivity contribution in [3.8, 4) is 0 Å². The number of alkyl halides is 1. The maximum atomic E-state index is 12.5. The summed E-state index contributed by atoms with van der Waals surface area (Å²) in [6, 6.07) is 0. The van der Waals surface area contributed by atoms with Gasteiger partial charge in [0.2, 0.25) is 0 Å².